The fourth-order valence-electron chi connectivity index (χ4n) is 2.69. The molecule has 2 nitrogen and oxygen atoms in total. The molecule has 0 saturated heterocycles. The number of carbonyl (C=O) groups is 1. The second kappa shape index (κ2) is 6.49. The predicted octanol–water partition coefficient (Wildman–Crippen LogP) is 5.22. The van der Waals surface area contributed by atoms with Crippen LogP contribution >= 0.6 is 0 Å². The van der Waals surface area contributed by atoms with Gasteiger partial charge in [0.15, 0.2) is 0 Å². The molecule has 0 spiro atoms. The van der Waals surface area contributed by atoms with Crippen LogP contribution in [0, 0.1) is 13.8 Å². The topological polar surface area (TPSA) is 29.1 Å². The van der Waals surface area contributed by atoms with Crippen molar-refractivity contribution in [1.29, 1.82) is 0 Å². The van der Waals surface area contributed by atoms with E-state index in [2.05, 4.69) is 11.4 Å². The third kappa shape index (κ3) is 3.32. The van der Waals surface area contributed by atoms with Crippen molar-refractivity contribution in [1.82, 2.24) is 0 Å². The van der Waals surface area contributed by atoms with Crippen molar-refractivity contribution < 1.29 is 4.79 Å². The number of anilines is 1. The van der Waals surface area contributed by atoms with Crippen molar-refractivity contribution in [3.63, 3.8) is 0 Å². The molecule has 23 heavy (non-hydrogen) atoms. The summed E-state index contributed by atoms with van der Waals surface area (Å²) in [7, 11) is 0. The Morgan fingerprint density at radius 1 is 0.826 bits per heavy atom. The molecule has 0 aliphatic carbocycles. The summed E-state index contributed by atoms with van der Waals surface area (Å²) in [6.07, 6.45) is 0. The first-order chi connectivity index (χ1) is 11.1. The Labute approximate surface area is 136 Å². The fourth-order valence-corrected chi connectivity index (χ4v) is 2.69. The van der Waals surface area contributed by atoms with Crippen LogP contribution in [0.25, 0.3) is 11.1 Å². The van der Waals surface area contributed by atoms with Crippen LogP contribution in [0.2, 0.25) is 0 Å². The number of carbonyl (C=O) groups excluding carboxylic acids is 1. The van der Waals surface area contributed by atoms with Gasteiger partial charge < -0.3 is 5.32 Å². The Bertz CT molecular complexity index is 837. The van der Waals surface area contributed by atoms with E-state index in [1.54, 1.807) is 0 Å². The lowest BCUT2D eigenvalue weighted by atomic mass is 9.99. The highest BCUT2D eigenvalue weighted by Gasteiger charge is 2.13. The predicted molar refractivity (Wildman–Crippen MR) is 95.7 cm³/mol. The van der Waals surface area contributed by atoms with E-state index in [1.807, 2.05) is 80.6 Å². The van der Waals surface area contributed by atoms with E-state index in [0.717, 1.165) is 22.4 Å². The maximum Gasteiger partial charge on any atom is 0.256 e. The van der Waals surface area contributed by atoms with Gasteiger partial charge in [-0.05, 0) is 42.7 Å². The van der Waals surface area contributed by atoms with E-state index in [0.29, 0.717) is 5.56 Å². The standard InChI is InChI=1S/C21H19NO/c1-15-12-13-20(16(2)14-15)22-21(23)19-11-7-6-10-18(19)17-8-4-3-5-9-17/h3-14H,1-2H3,(H,22,23). The number of aryl methyl sites for hydroxylation is 2. The largest absolute Gasteiger partial charge is 0.322 e. The lowest BCUT2D eigenvalue weighted by Crippen LogP contribution is -2.14. The van der Waals surface area contributed by atoms with Crippen LogP contribution in [-0.2, 0) is 0 Å². The highest BCUT2D eigenvalue weighted by Crippen LogP contribution is 2.25. The van der Waals surface area contributed by atoms with Crippen LogP contribution < -0.4 is 5.32 Å². The van der Waals surface area contributed by atoms with Crippen molar-refractivity contribution in [2.45, 2.75) is 13.8 Å². The molecule has 0 fully saturated rings. The number of rotatable bonds is 3. The van der Waals surface area contributed by atoms with E-state index >= 15 is 0 Å². The third-order valence-electron chi connectivity index (χ3n) is 3.89. The van der Waals surface area contributed by atoms with Gasteiger partial charge in [-0.3, -0.25) is 4.79 Å². The van der Waals surface area contributed by atoms with Crippen LogP contribution in [0.15, 0.2) is 72.8 Å². The van der Waals surface area contributed by atoms with E-state index in [9.17, 15) is 4.79 Å². The number of amides is 1. The zero-order chi connectivity index (χ0) is 16.2. The van der Waals surface area contributed by atoms with Gasteiger partial charge in [0, 0.05) is 11.3 Å². The van der Waals surface area contributed by atoms with E-state index in [1.165, 1.54) is 5.56 Å². The number of nitrogens with one attached hydrogen (secondary N) is 1. The molecule has 3 aromatic rings. The molecule has 3 aromatic carbocycles. The van der Waals surface area contributed by atoms with Crippen LogP contribution in [0.5, 0.6) is 0 Å². The number of benzene rings is 3. The van der Waals surface area contributed by atoms with Crippen molar-refractivity contribution in [3.8, 4) is 11.1 Å². The molecule has 1 N–H and O–H groups in total. The van der Waals surface area contributed by atoms with Gasteiger partial charge >= 0.3 is 0 Å². The number of hydrogen-bond acceptors (Lipinski definition) is 1. The summed E-state index contributed by atoms with van der Waals surface area (Å²) in [5, 5.41) is 3.02. The molecule has 3 rings (SSSR count). The summed E-state index contributed by atoms with van der Waals surface area (Å²) in [6, 6.07) is 23.7. The molecule has 0 saturated carbocycles. The molecule has 0 radical (unpaired) electrons. The zero-order valence-electron chi connectivity index (χ0n) is 13.3. The summed E-state index contributed by atoms with van der Waals surface area (Å²) >= 11 is 0. The van der Waals surface area contributed by atoms with Gasteiger partial charge in [0.05, 0.1) is 0 Å². The van der Waals surface area contributed by atoms with Crippen molar-refractivity contribution >= 4 is 11.6 Å². The Kier molecular flexibility index (Phi) is 4.24. The highest BCUT2D eigenvalue weighted by molar-refractivity contribution is 6.09. The lowest BCUT2D eigenvalue weighted by molar-refractivity contribution is 0.102. The molecule has 0 aliphatic heterocycles. The normalized spacial score (nSPS) is 10.3. The van der Waals surface area contributed by atoms with Gasteiger partial charge in [-0.15, -0.1) is 0 Å². The molecule has 0 atom stereocenters. The average Bonchev–Trinajstić information content (AvgIpc) is 2.58. The summed E-state index contributed by atoms with van der Waals surface area (Å²) in [4.78, 5) is 12.7. The highest BCUT2D eigenvalue weighted by atomic mass is 16.1. The third-order valence-corrected chi connectivity index (χ3v) is 3.89. The maximum atomic E-state index is 12.7. The van der Waals surface area contributed by atoms with Gasteiger partial charge in [0.1, 0.15) is 0 Å². The second-order valence-corrected chi connectivity index (χ2v) is 5.68. The van der Waals surface area contributed by atoms with Gasteiger partial charge in [-0.1, -0.05) is 66.2 Å². The van der Waals surface area contributed by atoms with Crippen molar-refractivity contribution in [3.05, 3.63) is 89.5 Å². The first-order valence-electron chi connectivity index (χ1n) is 7.68. The molecule has 2 heteroatoms. The maximum absolute atomic E-state index is 12.7. The monoisotopic (exact) mass is 301 g/mol. The Morgan fingerprint density at radius 3 is 2.26 bits per heavy atom. The smallest absolute Gasteiger partial charge is 0.256 e. The first kappa shape index (κ1) is 15.0. The molecule has 0 bridgehead atoms. The molecule has 0 aromatic heterocycles. The lowest BCUT2D eigenvalue weighted by Gasteiger charge is -2.12. The van der Waals surface area contributed by atoms with Gasteiger partial charge in [0.25, 0.3) is 5.91 Å². The molecule has 1 amide bonds. The molecule has 0 unspecified atom stereocenters. The first-order valence-corrected chi connectivity index (χ1v) is 7.68. The SMILES string of the molecule is Cc1ccc(NC(=O)c2ccccc2-c2ccccc2)c(C)c1. The quantitative estimate of drug-likeness (QED) is 0.705. The molecule has 0 heterocycles. The van der Waals surface area contributed by atoms with Crippen LogP contribution in [0.4, 0.5) is 5.69 Å². The molecule has 114 valence electrons. The van der Waals surface area contributed by atoms with E-state index in [-0.39, 0.29) is 5.91 Å². The molecular weight excluding hydrogens is 282 g/mol. The Balaban J connectivity index is 1.94. The summed E-state index contributed by atoms with van der Waals surface area (Å²) in [5.41, 5.74) is 5.76. The Morgan fingerprint density at radius 2 is 1.52 bits per heavy atom. The van der Waals surface area contributed by atoms with Crippen LogP contribution in [0.3, 0.4) is 0 Å². The minimum atomic E-state index is -0.0867. The summed E-state index contributed by atoms with van der Waals surface area (Å²) in [6.45, 7) is 4.05. The second-order valence-electron chi connectivity index (χ2n) is 5.68. The minimum absolute atomic E-state index is 0.0867. The van der Waals surface area contributed by atoms with Crippen LogP contribution in [0.1, 0.15) is 21.5 Å². The summed E-state index contributed by atoms with van der Waals surface area (Å²) in [5.74, 6) is -0.0867. The minimum Gasteiger partial charge on any atom is -0.322 e. The average molecular weight is 301 g/mol. The van der Waals surface area contributed by atoms with Gasteiger partial charge in [-0.2, -0.15) is 0 Å². The van der Waals surface area contributed by atoms with Gasteiger partial charge in [-0.25, -0.2) is 0 Å². The van der Waals surface area contributed by atoms with E-state index < -0.39 is 0 Å². The summed E-state index contributed by atoms with van der Waals surface area (Å²) < 4.78 is 0. The van der Waals surface area contributed by atoms with Crippen molar-refractivity contribution in [2.75, 3.05) is 5.32 Å². The van der Waals surface area contributed by atoms with Gasteiger partial charge in [0.2, 0.25) is 0 Å². The van der Waals surface area contributed by atoms with Crippen LogP contribution in [-0.4, -0.2) is 5.91 Å². The Hall–Kier alpha value is -2.87. The van der Waals surface area contributed by atoms with E-state index in [4.69, 9.17) is 0 Å². The molecule has 0 aliphatic rings. The fraction of sp³-hybridized carbons (Fsp3) is 0.0952. The molecular formula is C21H19NO. The zero-order valence-corrected chi connectivity index (χ0v) is 13.3. The number of hydrogen-bond donors (Lipinski definition) is 1. The van der Waals surface area contributed by atoms with Crippen molar-refractivity contribution in [2.24, 2.45) is 0 Å².